The first-order valence-corrected chi connectivity index (χ1v) is 8.46. The van der Waals surface area contributed by atoms with E-state index in [-0.39, 0.29) is 0 Å². The van der Waals surface area contributed by atoms with E-state index in [4.69, 9.17) is 9.97 Å². The van der Waals surface area contributed by atoms with Crippen molar-refractivity contribution in [3.8, 4) is 0 Å². The van der Waals surface area contributed by atoms with Gasteiger partial charge in [0, 0.05) is 30.1 Å². The number of hydrogen-bond acceptors (Lipinski definition) is 3. The minimum Gasteiger partial charge on any atom is -0.370 e. The van der Waals surface area contributed by atoms with E-state index >= 15 is 0 Å². The van der Waals surface area contributed by atoms with Crippen LogP contribution in [0.4, 0.5) is 5.82 Å². The third kappa shape index (κ3) is 2.32. The molecule has 4 rings (SSSR count). The molecule has 1 aromatic rings. The molecule has 3 aliphatic rings. The number of nitrogens with one attached hydrogen (secondary N) is 1. The lowest BCUT2D eigenvalue weighted by Crippen LogP contribution is -2.15. The molecule has 0 spiro atoms. The summed E-state index contributed by atoms with van der Waals surface area (Å²) in [5, 5.41) is 3.47. The predicted octanol–water partition coefficient (Wildman–Crippen LogP) is 4.08. The van der Waals surface area contributed by atoms with Crippen molar-refractivity contribution in [3.05, 3.63) is 17.6 Å². The Morgan fingerprint density at radius 2 is 2.05 bits per heavy atom. The molecule has 0 amide bonds. The minimum atomic E-state index is 0.648. The van der Waals surface area contributed by atoms with Crippen LogP contribution in [0.5, 0.6) is 0 Å². The Labute approximate surface area is 121 Å². The van der Waals surface area contributed by atoms with Gasteiger partial charge in [0.15, 0.2) is 0 Å². The van der Waals surface area contributed by atoms with Gasteiger partial charge in [0.25, 0.3) is 0 Å². The lowest BCUT2D eigenvalue weighted by atomic mass is 9.88. The molecule has 0 saturated heterocycles. The summed E-state index contributed by atoms with van der Waals surface area (Å²) >= 11 is 0. The highest BCUT2D eigenvalue weighted by Gasteiger charge is 2.42. The van der Waals surface area contributed by atoms with Gasteiger partial charge in [-0.25, -0.2) is 9.97 Å². The van der Waals surface area contributed by atoms with Gasteiger partial charge in [-0.1, -0.05) is 13.3 Å². The summed E-state index contributed by atoms with van der Waals surface area (Å²) in [6.07, 6.45) is 9.41. The minimum absolute atomic E-state index is 0.648. The first kappa shape index (κ1) is 12.6. The predicted molar refractivity (Wildman–Crippen MR) is 81.0 cm³/mol. The number of aromatic nitrogens is 2. The number of rotatable bonds is 5. The first-order chi connectivity index (χ1) is 9.83. The summed E-state index contributed by atoms with van der Waals surface area (Å²) in [5.41, 5.74) is 1.30. The van der Waals surface area contributed by atoms with E-state index in [9.17, 15) is 0 Å². The number of anilines is 1. The smallest absolute Gasteiger partial charge is 0.134 e. The maximum absolute atomic E-state index is 4.95. The molecule has 3 aliphatic carbocycles. The highest BCUT2D eigenvalue weighted by molar-refractivity contribution is 5.39. The fraction of sp³-hybridized carbons (Fsp3) is 0.765. The van der Waals surface area contributed by atoms with Crippen LogP contribution in [-0.2, 0) is 0 Å². The van der Waals surface area contributed by atoms with Crippen LogP contribution in [0.2, 0.25) is 0 Å². The van der Waals surface area contributed by atoms with Gasteiger partial charge in [-0.15, -0.1) is 0 Å². The lowest BCUT2D eigenvalue weighted by molar-refractivity contribution is 0.404. The zero-order valence-electron chi connectivity index (χ0n) is 12.4. The Bertz CT molecular complexity index is 495. The second-order valence-corrected chi connectivity index (χ2v) is 7.02. The van der Waals surface area contributed by atoms with Crippen LogP contribution < -0.4 is 5.32 Å². The van der Waals surface area contributed by atoms with Crippen molar-refractivity contribution in [2.45, 2.75) is 63.7 Å². The maximum Gasteiger partial charge on any atom is 0.134 e. The monoisotopic (exact) mass is 271 g/mol. The van der Waals surface area contributed by atoms with Crippen LogP contribution in [0.1, 0.15) is 75.2 Å². The van der Waals surface area contributed by atoms with E-state index in [1.165, 1.54) is 44.2 Å². The van der Waals surface area contributed by atoms with Gasteiger partial charge >= 0.3 is 0 Å². The van der Waals surface area contributed by atoms with Gasteiger partial charge in [0.05, 0.1) is 0 Å². The highest BCUT2D eigenvalue weighted by atomic mass is 15.0. The Kier molecular flexibility index (Phi) is 3.16. The summed E-state index contributed by atoms with van der Waals surface area (Å²) < 4.78 is 0. The Hall–Kier alpha value is -1.12. The molecule has 1 aromatic heterocycles. The number of hydrogen-bond donors (Lipinski definition) is 1. The van der Waals surface area contributed by atoms with Crippen LogP contribution in [-0.4, -0.2) is 16.5 Å². The quantitative estimate of drug-likeness (QED) is 0.877. The second-order valence-electron chi connectivity index (χ2n) is 7.02. The van der Waals surface area contributed by atoms with E-state index in [1.54, 1.807) is 0 Å². The van der Waals surface area contributed by atoms with E-state index < -0.39 is 0 Å². The summed E-state index contributed by atoms with van der Waals surface area (Å²) in [6, 6.07) is 2.20. The average molecular weight is 271 g/mol. The summed E-state index contributed by atoms with van der Waals surface area (Å²) in [7, 11) is 0. The molecule has 3 fully saturated rings. The van der Waals surface area contributed by atoms with Crippen molar-refractivity contribution in [2.24, 2.45) is 11.8 Å². The van der Waals surface area contributed by atoms with Crippen LogP contribution in [0.25, 0.3) is 0 Å². The molecule has 1 heterocycles. The van der Waals surface area contributed by atoms with Crippen LogP contribution in [0.3, 0.4) is 0 Å². The largest absolute Gasteiger partial charge is 0.370 e. The van der Waals surface area contributed by atoms with Crippen molar-refractivity contribution >= 4 is 5.82 Å². The van der Waals surface area contributed by atoms with Crippen LogP contribution >= 0.6 is 0 Å². The Balaban J connectivity index is 1.62. The SMILES string of the molecule is CCCNc1cc(C2CC2)nc(C2CC3CCC2C3)n1. The average Bonchev–Trinajstić information content (AvgIpc) is 3.12. The molecule has 3 atom stereocenters. The Morgan fingerprint density at radius 1 is 1.15 bits per heavy atom. The summed E-state index contributed by atoms with van der Waals surface area (Å²) in [4.78, 5) is 9.81. The van der Waals surface area contributed by atoms with Gasteiger partial charge in [0.2, 0.25) is 0 Å². The van der Waals surface area contributed by atoms with Gasteiger partial charge < -0.3 is 5.32 Å². The van der Waals surface area contributed by atoms with Crippen LogP contribution in [0, 0.1) is 11.8 Å². The van der Waals surface area contributed by atoms with Crippen molar-refractivity contribution in [1.29, 1.82) is 0 Å². The molecule has 3 saturated carbocycles. The van der Waals surface area contributed by atoms with E-state index in [1.807, 2.05) is 0 Å². The standard InChI is InChI=1S/C17H25N3/c1-2-7-18-16-10-15(12-5-6-12)19-17(20-16)14-9-11-3-4-13(14)8-11/h10-14H,2-9H2,1H3,(H,18,19,20). The van der Waals surface area contributed by atoms with Crippen molar-refractivity contribution < 1.29 is 0 Å². The fourth-order valence-corrected chi connectivity index (χ4v) is 4.14. The van der Waals surface area contributed by atoms with E-state index in [2.05, 4.69) is 18.3 Å². The molecule has 3 unspecified atom stereocenters. The summed E-state index contributed by atoms with van der Waals surface area (Å²) in [5.74, 6) is 5.42. The maximum atomic E-state index is 4.95. The molecule has 0 aromatic carbocycles. The molecular weight excluding hydrogens is 246 g/mol. The molecule has 1 N–H and O–H groups in total. The summed E-state index contributed by atoms with van der Waals surface area (Å²) in [6.45, 7) is 3.21. The molecule has 3 heteroatoms. The third-order valence-corrected chi connectivity index (χ3v) is 5.38. The molecule has 108 valence electrons. The van der Waals surface area contributed by atoms with Gasteiger partial charge in [-0.2, -0.15) is 0 Å². The van der Waals surface area contributed by atoms with Crippen molar-refractivity contribution in [3.63, 3.8) is 0 Å². The second kappa shape index (κ2) is 5.01. The van der Waals surface area contributed by atoms with Crippen molar-refractivity contribution in [2.75, 3.05) is 11.9 Å². The Morgan fingerprint density at radius 3 is 2.70 bits per heavy atom. The topological polar surface area (TPSA) is 37.8 Å². The van der Waals surface area contributed by atoms with Gasteiger partial charge in [-0.05, 0) is 50.4 Å². The van der Waals surface area contributed by atoms with E-state index in [0.717, 1.165) is 42.4 Å². The normalized spacial score (nSPS) is 31.8. The van der Waals surface area contributed by atoms with E-state index in [0.29, 0.717) is 5.92 Å². The molecule has 0 radical (unpaired) electrons. The molecular formula is C17H25N3. The highest BCUT2D eigenvalue weighted by Crippen LogP contribution is 2.52. The molecule has 3 nitrogen and oxygen atoms in total. The van der Waals surface area contributed by atoms with Crippen molar-refractivity contribution in [1.82, 2.24) is 9.97 Å². The molecule has 0 aliphatic heterocycles. The third-order valence-electron chi connectivity index (χ3n) is 5.38. The number of nitrogens with zero attached hydrogens (tertiary/aromatic N) is 2. The molecule has 2 bridgehead atoms. The zero-order valence-corrected chi connectivity index (χ0v) is 12.4. The lowest BCUT2D eigenvalue weighted by Gasteiger charge is -2.21. The first-order valence-electron chi connectivity index (χ1n) is 8.46. The fourth-order valence-electron chi connectivity index (χ4n) is 4.14. The van der Waals surface area contributed by atoms with Crippen LogP contribution in [0.15, 0.2) is 6.07 Å². The van der Waals surface area contributed by atoms with Gasteiger partial charge in [-0.3, -0.25) is 0 Å². The number of fused-ring (bicyclic) bond motifs is 2. The van der Waals surface area contributed by atoms with Gasteiger partial charge in [0.1, 0.15) is 11.6 Å². The molecule has 20 heavy (non-hydrogen) atoms. The zero-order chi connectivity index (χ0) is 13.5.